The molecule has 1 saturated heterocycles. The molecule has 7 nitrogen and oxygen atoms in total. The standard InChI is InChI=1S/C30H30N4O3/c1-32-14-16-33(17-15-32)26(35)19-34-29(22-10-3-4-11-23(22)30(34)36)27-24-12-5-6-13-25(24)31-28(27)20-8-7-9-21(18-20)37-2/h3-13,18,29,31H,14-17,19H2,1-2H3. The van der Waals surface area contributed by atoms with Crippen LogP contribution in [0.1, 0.15) is 27.5 Å². The van der Waals surface area contributed by atoms with Crippen LogP contribution in [0.4, 0.5) is 0 Å². The van der Waals surface area contributed by atoms with Gasteiger partial charge in [0.15, 0.2) is 0 Å². The van der Waals surface area contributed by atoms with Crippen molar-refractivity contribution in [2.24, 2.45) is 0 Å². The minimum atomic E-state index is -0.391. The fourth-order valence-corrected chi connectivity index (χ4v) is 5.60. The number of amides is 2. The van der Waals surface area contributed by atoms with Crippen LogP contribution in [-0.2, 0) is 4.79 Å². The van der Waals surface area contributed by atoms with Gasteiger partial charge in [-0.1, -0.05) is 48.5 Å². The molecule has 0 saturated carbocycles. The predicted molar refractivity (Wildman–Crippen MR) is 144 cm³/mol. The van der Waals surface area contributed by atoms with Crippen LogP contribution >= 0.6 is 0 Å². The highest BCUT2D eigenvalue weighted by Gasteiger charge is 2.41. The summed E-state index contributed by atoms with van der Waals surface area (Å²) in [5, 5.41) is 1.03. The molecule has 2 aliphatic heterocycles. The molecule has 2 amide bonds. The number of hydrogen-bond acceptors (Lipinski definition) is 4. The largest absolute Gasteiger partial charge is 0.497 e. The third-order valence-electron chi connectivity index (χ3n) is 7.60. The summed E-state index contributed by atoms with van der Waals surface area (Å²) in [6, 6.07) is 23.4. The van der Waals surface area contributed by atoms with Crippen LogP contribution in [0.5, 0.6) is 5.75 Å². The first kappa shape index (κ1) is 23.3. The summed E-state index contributed by atoms with van der Waals surface area (Å²) < 4.78 is 5.51. The molecule has 188 valence electrons. The van der Waals surface area contributed by atoms with Gasteiger partial charge < -0.3 is 24.4 Å². The van der Waals surface area contributed by atoms with Crippen molar-refractivity contribution in [1.82, 2.24) is 19.7 Å². The molecule has 6 rings (SSSR count). The van der Waals surface area contributed by atoms with Gasteiger partial charge in [0.05, 0.1) is 18.8 Å². The summed E-state index contributed by atoms with van der Waals surface area (Å²) in [7, 11) is 3.72. The number of methoxy groups -OCH3 is 1. The smallest absolute Gasteiger partial charge is 0.255 e. The Kier molecular flexibility index (Phi) is 5.93. The number of likely N-dealkylation sites (N-methyl/N-ethyl adjacent to an activating group) is 1. The van der Waals surface area contributed by atoms with Gasteiger partial charge in [-0.05, 0) is 36.9 Å². The third-order valence-corrected chi connectivity index (χ3v) is 7.60. The van der Waals surface area contributed by atoms with Gasteiger partial charge in [0, 0.05) is 53.8 Å². The maximum Gasteiger partial charge on any atom is 0.255 e. The number of aromatic nitrogens is 1. The first-order chi connectivity index (χ1) is 18.0. The van der Waals surface area contributed by atoms with E-state index >= 15 is 0 Å². The number of ether oxygens (including phenoxy) is 1. The quantitative estimate of drug-likeness (QED) is 0.452. The van der Waals surface area contributed by atoms with Gasteiger partial charge in [0.25, 0.3) is 5.91 Å². The van der Waals surface area contributed by atoms with Gasteiger partial charge >= 0.3 is 0 Å². The second-order valence-corrected chi connectivity index (χ2v) is 9.80. The van der Waals surface area contributed by atoms with Gasteiger partial charge in [-0.25, -0.2) is 0 Å². The van der Waals surface area contributed by atoms with Crippen molar-refractivity contribution in [3.05, 3.63) is 89.5 Å². The van der Waals surface area contributed by atoms with Gasteiger partial charge in [-0.2, -0.15) is 0 Å². The number of rotatable bonds is 5. The van der Waals surface area contributed by atoms with Crippen molar-refractivity contribution in [3.63, 3.8) is 0 Å². The molecule has 1 fully saturated rings. The molecule has 37 heavy (non-hydrogen) atoms. The third kappa shape index (κ3) is 4.05. The molecule has 1 atom stereocenters. The Labute approximate surface area is 216 Å². The lowest BCUT2D eigenvalue weighted by molar-refractivity contribution is -0.133. The van der Waals surface area contributed by atoms with Crippen LogP contribution in [0.25, 0.3) is 22.2 Å². The number of para-hydroxylation sites is 1. The first-order valence-corrected chi connectivity index (χ1v) is 12.7. The first-order valence-electron chi connectivity index (χ1n) is 12.7. The number of fused-ring (bicyclic) bond motifs is 2. The summed E-state index contributed by atoms with van der Waals surface area (Å²) in [5.41, 5.74) is 5.44. The molecule has 7 heteroatoms. The Hall–Kier alpha value is -4.10. The lowest BCUT2D eigenvalue weighted by Crippen LogP contribution is -2.50. The number of carbonyl (C=O) groups excluding carboxylic acids is 2. The molecule has 3 aromatic carbocycles. The van der Waals surface area contributed by atoms with Crippen molar-refractivity contribution in [3.8, 4) is 17.0 Å². The van der Waals surface area contributed by atoms with E-state index in [1.54, 1.807) is 12.0 Å². The lowest BCUT2D eigenvalue weighted by atomic mass is 9.93. The predicted octanol–water partition coefficient (Wildman–Crippen LogP) is 4.16. The zero-order chi connectivity index (χ0) is 25.5. The van der Waals surface area contributed by atoms with Crippen molar-refractivity contribution in [1.29, 1.82) is 0 Å². The van der Waals surface area contributed by atoms with E-state index in [0.29, 0.717) is 18.7 Å². The summed E-state index contributed by atoms with van der Waals surface area (Å²) in [6.45, 7) is 3.07. The van der Waals surface area contributed by atoms with Crippen LogP contribution in [-0.4, -0.2) is 78.4 Å². The van der Waals surface area contributed by atoms with Crippen molar-refractivity contribution >= 4 is 22.7 Å². The van der Waals surface area contributed by atoms with Gasteiger partial charge in [0.2, 0.25) is 5.91 Å². The van der Waals surface area contributed by atoms with Gasteiger partial charge in [0.1, 0.15) is 12.3 Å². The number of piperazine rings is 1. The van der Waals surface area contributed by atoms with E-state index in [1.165, 1.54) is 0 Å². The van der Waals surface area contributed by atoms with E-state index in [9.17, 15) is 9.59 Å². The van der Waals surface area contributed by atoms with Gasteiger partial charge in [-0.3, -0.25) is 9.59 Å². The average Bonchev–Trinajstić information content (AvgIpc) is 3.44. The van der Waals surface area contributed by atoms with Crippen LogP contribution in [0.15, 0.2) is 72.8 Å². The number of hydrogen-bond donors (Lipinski definition) is 1. The Bertz CT molecular complexity index is 1490. The Balaban J connectivity index is 1.49. The molecule has 3 heterocycles. The van der Waals surface area contributed by atoms with Crippen molar-refractivity contribution in [2.75, 3.05) is 46.9 Å². The highest BCUT2D eigenvalue weighted by molar-refractivity contribution is 6.03. The van der Waals surface area contributed by atoms with E-state index in [4.69, 9.17) is 4.74 Å². The second kappa shape index (κ2) is 9.41. The fourth-order valence-electron chi connectivity index (χ4n) is 5.60. The van der Waals surface area contributed by atoms with Crippen molar-refractivity contribution in [2.45, 2.75) is 6.04 Å². The highest BCUT2D eigenvalue weighted by Crippen LogP contribution is 2.45. The maximum atomic E-state index is 13.8. The normalized spacial score (nSPS) is 17.9. The molecule has 1 aromatic heterocycles. The summed E-state index contributed by atoms with van der Waals surface area (Å²) in [6.07, 6.45) is 0. The molecule has 0 aliphatic carbocycles. The zero-order valence-electron chi connectivity index (χ0n) is 21.1. The highest BCUT2D eigenvalue weighted by atomic mass is 16.5. The molecular formula is C30H30N4O3. The topological polar surface area (TPSA) is 68.9 Å². The Morgan fingerprint density at radius 3 is 2.54 bits per heavy atom. The minimum Gasteiger partial charge on any atom is -0.497 e. The summed E-state index contributed by atoms with van der Waals surface area (Å²) >= 11 is 0. The molecular weight excluding hydrogens is 464 g/mol. The average molecular weight is 495 g/mol. The minimum absolute atomic E-state index is 0.0120. The van der Waals surface area contributed by atoms with Crippen LogP contribution < -0.4 is 4.74 Å². The van der Waals surface area contributed by atoms with E-state index in [-0.39, 0.29) is 18.4 Å². The van der Waals surface area contributed by atoms with E-state index in [0.717, 1.165) is 52.1 Å². The number of aromatic amines is 1. The van der Waals surface area contributed by atoms with Gasteiger partial charge in [-0.15, -0.1) is 0 Å². The molecule has 0 bridgehead atoms. The molecule has 0 radical (unpaired) electrons. The number of H-pyrrole nitrogens is 1. The van der Waals surface area contributed by atoms with E-state index in [2.05, 4.69) is 23.0 Å². The SMILES string of the molecule is COc1cccc(-c2[nH]c3ccccc3c2C2c3ccccc3C(=O)N2CC(=O)N2CCN(C)CC2)c1. The molecule has 1 unspecified atom stereocenters. The molecule has 1 N–H and O–H groups in total. The molecule has 0 spiro atoms. The number of benzene rings is 3. The summed E-state index contributed by atoms with van der Waals surface area (Å²) in [4.78, 5) is 36.7. The van der Waals surface area contributed by atoms with Crippen molar-refractivity contribution < 1.29 is 14.3 Å². The molecule has 4 aromatic rings. The van der Waals surface area contributed by atoms with Crippen LogP contribution in [0.3, 0.4) is 0 Å². The molecule has 2 aliphatic rings. The lowest BCUT2D eigenvalue weighted by Gasteiger charge is -2.34. The number of carbonyl (C=O) groups is 2. The zero-order valence-corrected chi connectivity index (χ0v) is 21.1. The second-order valence-electron chi connectivity index (χ2n) is 9.80. The monoisotopic (exact) mass is 494 g/mol. The van der Waals surface area contributed by atoms with Crippen LogP contribution in [0, 0.1) is 0 Å². The number of nitrogens with one attached hydrogen (secondary N) is 1. The fraction of sp³-hybridized carbons (Fsp3) is 0.267. The number of nitrogens with zero attached hydrogens (tertiary/aromatic N) is 3. The maximum absolute atomic E-state index is 13.8. The van der Waals surface area contributed by atoms with E-state index < -0.39 is 6.04 Å². The summed E-state index contributed by atoms with van der Waals surface area (Å²) in [5.74, 6) is 0.638. The Morgan fingerprint density at radius 2 is 1.73 bits per heavy atom. The van der Waals surface area contributed by atoms with Crippen LogP contribution in [0.2, 0.25) is 0 Å². The van der Waals surface area contributed by atoms with E-state index in [1.807, 2.05) is 71.6 Å². The Morgan fingerprint density at radius 1 is 0.973 bits per heavy atom.